The Balaban J connectivity index is -0.0000000200. The number of hydrogen-bond acceptors (Lipinski definition) is 1. The predicted molar refractivity (Wildman–Crippen MR) is 19.4 cm³/mol. The summed E-state index contributed by atoms with van der Waals surface area (Å²) in [5.74, 6) is 0. The summed E-state index contributed by atoms with van der Waals surface area (Å²) in [5.41, 5.74) is 0. The van der Waals surface area contributed by atoms with Crippen molar-refractivity contribution >= 4 is 36.3 Å². The fourth-order valence-electron chi connectivity index (χ4n) is 0. The van der Waals surface area contributed by atoms with Gasteiger partial charge in [-0.05, 0) is 0 Å². The van der Waals surface area contributed by atoms with E-state index in [0.717, 1.165) is 0 Å². The summed E-state index contributed by atoms with van der Waals surface area (Å²) < 4.78 is 0. The van der Waals surface area contributed by atoms with Crippen LogP contribution in [0.4, 0.5) is 0 Å². The van der Waals surface area contributed by atoms with Crippen LogP contribution in [-0.2, 0) is 0 Å². The minimum Gasteiger partial charge on any atom is -0.870 e. The van der Waals surface area contributed by atoms with Crippen LogP contribution in [0.15, 0.2) is 0 Å². The monoisotopic (exact) mass is 134 g/mol. The third-order valence-corrected chi connectivity index (χ3v) is 0. The zero-order chi connectivity index (χ0) is 2.71. The van der Waals surface area contributed by atoms with E-state index in [-0.39, 0.29) is 35.0 Å². The van der Waals surface area contributed by atoms with Gasteiger partial charge in [-0.2, -0.15) is 0 Å². The van der Waals surface area contributed by atoms with Crippen molar-refractivity contribution in [1.29, 1.82) is 0 Å². The van der Waals surface area contributed by atoms with Crippen molar-refractivity contribution in [3.05, 3.63) is 0 Å². The van der Waals surface area contributed by atoms with Crippen LogP contribution in [0, 0.1) is 0 Å². The van der Waals surface area contributed by atoms with Crippen LogP contribution < -0.4 is 29.6 Å². The van der Waals surface area contributed by atoms with E-state index in [1.165, 1.54) is 0 Å². The Morgan fingerprint density at radius 3 is 1.20 bits per heavy atom. The van der Waals surface area contributed by atoms with Crippen LogP contribution in [0.5, 0.6) is 0 Å². The van der Waals surface area contributed by atoms with Crippen LogP contribution in [-0.4, -0.2) is 23.6 Å². The fraction of sp³-hybridized carbons (Fsp3) is 0. The van der Waals surface area contributed by atoms with Gasteiger partial charge in [0, 0.05) is 0 Å². The topological polar surface area (TPSA) is 30.0 Å². The molecule has 0 amide bonds. The molecule has 1 N–H and O–H groups in total. The zero-order valence-corrected chi connectivity index (χ0v) is 7.84. The summed E-state index contributed by atoms with van der Waals surface area (Å²) in [5, 5.41) is 0. The van der Waals surface area contributed by atoms with E-state index in [1.807, 2.05) is 0 Å². The van der Waals surface area contributed by atoms with E-state index >= 15 is 0 Å². The molecule has 0 rings (SSSR count). The van der Waals surface area contributed by atoms with Gasteiger partial charge < -0.3 is 23.6 Å². The third kappa shape index (κ3) is 22.0. The Morgan fingerprint density at radius 2 is 1.20 bits per heavy atom. The molecular formula is HCl2MgNaO. The standard InChI is InChI=1S/2ClH.Mg.Na.H2O/h2*1H;;;1H2/q;;+2;+1;/p-3. The van der Waals surface area contributed by atoms with Gasteiger partial charge in [0.15, 0.2) is 0 Å². The van der Waals surface area contributed by atoms with Gasteiger partial charge in [0.1, 0.15) is 0 Å². The molecule has 0 aromatic heterocycles. The van der Waals surface area contributed by atoms with E-state index in [1.54, 1.807) is 0 Å². The van der Waals surface area contributed by atoms with Crippen molar-refractivity contribution in [2.75, 3.05) is 0 Å². The van der Waals surface area contributed by atoms with Gasteiger partial charge in [-0.15, -0.1) is 0 Å². The van der Waals surface area contributed by atoms with Crippen molar-refractivity contribution in [2.45, 2.75) is 0 Å². The molecule has 0 spiro atoms. The van der Waals surface area contributed by atoms with Gasteiger partial charge in [-0.3, -0.25) is 0 Å². The summed E-state index contributed by atoms with van der Waals surface area (Å²) in [6.07, 6.45) is 0. The average Bonchev–Trinajstić information content (AvgIpc) is 0.918. The first kappa shape index (κ1) is 15.7. The second-order valence-electron chi connectivity index (χ2n) is 0.101. The molecule has 0 heterocycles. The number of hydrogen-bond donors (Lipinski definition) is 0. The Labute approximate surface area is 70.3 Å². The van der Waals surface area contributed by atoms with E-state index < -0.39 is 18.2 Å². The SMILES string of the molecule is [Cl][Mg][Cl].[Na+].[OH-]. The minimum absolute atomic E-state index is 0. The van der Waals surface area contributed by atoms with Gasteiger partial charge >= 0.3 is 47.7 Å². The summed E-state index contributed by atoms with van der Waals surface area (Å²) >= 11 is -0.639. The summed E-state index contributed by atoms with van der Waals surface area (Å²) in [6, 6.07) is 0. The van der Waals surface area contributed by atoms with Crippen molar-refractivity contribution in [2.24, 2.45) is 0 Å². The van der Waals surface area contributed by atoms with Crippen molar-refractivity contribution in [3.8, 4) is 0 Å². The normalized spacial score (nSPS) is 2.00. The molecule has 0 radical (unpaired) electrons. The summed E-state index contributed by atoms with van der Waals surface area (Å²) in [4.78, 5) is 0. The van der Waals surface area contributed by atoms with Gasteiger partial charge in [0.05, 0.1) is 0 Å². The Morgan fingerprint density at radius 1 is 1.20 bits per heavy atom. The van der Waals surface area contributed by atoms with Crippen molar-refractivity contribution < 1.29 is 35.0 Å². The largest absolute Gasteiger partial charge is 1.00 e. The molecule has 5 heavy (non-hydrogen) atoms. The molecular weight excluding hydrogens is 134 g/mol. The second kappa shape index (κ2) is 16.2. The molecule has 0 atom stereocenters. The molecule has 0 unspecified atom stereocenters. The van der Waals surface area contributed by atoms with Crippen LogP contribution in [0.25, 0.3) is 0 Å². The molecule has 0 saturated heterocycles. The smallest absolute Gasteiger partial charge is 0.870 e. The molecule has 24 valence electrons. The fourth-order valence-corrected chi connectivity index (χ4v) is 0. The van der Waals surface area contributed by atoms with Gasteiger partial charge in [0.25, 0.3) is 0 Å². The summed E-state index contributed by atoms with van der Waals surface area (Å²) in [7, 11) is 9.81. The molecule has 0 aliphatic carbocycles. The molecule has 0 aliphatic heterocycles. The minimum atomic E-state index is -0.639. The van der Waals surface area contributed by atoms with Crippen LogP contribution in [0.3, 0.4) is 0 Å². The van der Waals surface area contributed by atoms with E-state index in [0.29, 0.717) is 0 Å². The quantitative estimate of drug-likeness (QED) is 0.347. The average molecular weight is 135 g/mol. The molecule has 0 aromatic rings. The van der Waals surface area contributed by atoms with Crippen LogP contribution >= 0.6 is 18.1 Å². The zero-order valence-electron chi connectivity index (χ0n) is 2.91. The second-order valence-corrected chi connectivity index (χ2v) is 2.73. The predicted octanol–water partition coefficient (Wildman–Crippen LogP) is -2.17. The Bertz CT molecular complexity index is 9.61. The van der Waals surface area contributed by atoms with Gasteiger partial charge in [-0.25, -0.2) is 0 Å². The molecule has 0 aromatic carbocycles. The molecule has 0 fully saturated rings. The maximum absolute atomic E-state index is 4.90. The van der Waals surface area contributed by atoms with E-state index in [9.17, 15) is 0 Å². The molecule has 0 saturated carbocycles. The van der Waals surface area contributed by atoms with Crippen molar-refractivity contribution in [3.63, 3.8) is 0 Å². The first-order valence-corrected chi connectivity index (χ1v) is 4.81. The maximum atomic E-state index is 4.90. The molecule has 1 nitrogen and oxygen atoms in total. The van der Waals surface area contributed by atoms with Crippen LogP contribution in [0.1, 0.15) is 0 Å². The first-order valence-electron chi connectivity index (χ1n) is 0.535. The van der Waals surface area contributed by atoms with Gasteiger partial charge in [-0.1, -0.05) is 0 Å². The summed E-state index contributed by atoms with van der Waals surface area (Å²) in [6.45, 7) is 0. The molecule has 0 aliphatic rings. The van der Waals surface area contributed by atoms with Gasteiger partial charge in [0.2, 0.25) is 0 Å². The Kier molecular flexibility index (Phi) is 50.9. The molecule has 0 bridgehead atoms. The number of rotatable bonds is 0. The third-order valence-electron chi connectivity index (χ3n) is 0. The van der Waals surface area contributed by atoms with Crippen molar-refractivity contribution in [1.82, 2.24) is 0 Å². The number of halogens is 2. The van der Waals surface area contributed by atoms with E-state index in [2.05, 4.69) is 0 Å². The Hall–Kier alpha value is 2.31. The van der Waals surface area contributed by atoms with E-state index in [4.69, 9.17) is 18.1 Å². The maximum Gasteiger partial charge on any atom is 1.00 e. The molecule has 5 heteroatoms. The van der Waals surface area contributed by atoms with Crippen LogP contribution in [0.2, 0.25) is 0 Å². The first-order chi connectivity index (χ1) is 1.41.